The van der Waals surface area contributed by atoms with Crippen LogP contribution < -0.4 is 9.13 Å². The SMILES string of the molecule is Cc1ccc2c(c1)C1(c3ccc4c(c3-c3cc(C(C)C)cc[n+]31)CC1=C4CCCC1)[n+]1cc(C)c(C)cc1-2. The summed E-state index contributed by atoms with van der Waals surface area (Å²) >= 11 is 0. The molecule has 8 rings (SSSR count). The van der Waals surface area contributed by atoms with Gasteiger partial charge < -0.3 is 0 Å². The molecule has 2 aromatic heterocycles. The van der Waals surface area contributed by atoms with Crippen molar-refractivity contribution in [3.63, 3.8) is 0 Å². The first-order chi connectivity index (χ1) is 18.4. The Morgan fingerprint density at radius 3 is 2.42 bits per heavy atom. The molecule has 0 radical (unpaired) electrons. The van der Waals surface area contributed by atoms with Crippen LogP contribution in [0.1, 0.15) is 90.0 Å². The average molecular weight is 497 g/mol. The number of nitrogens with zero attached hydrogens (tertiary/aromatic N) is 2. The highest BCUT2D eigenvalue weighted by molar-refractivity contribution is 5.86. The van der Waals surface area contributed by atoms with Crippen LogP contribution in [0.3, 0.4) is 0 Å². The molecular weight excluding hydrogens is 460 g/mol. The molecule has 2 aliphatic carbocycles. The minimum absolute atomic E-state index is 0.409. The highest BCUT2D eigenvalue weighted by atomic mass is 15.3. The number of benzene rings is 2. The standard InChI is InChI=1S/C36H36N2/c1-21(2)25-14-15-37-34(19-25)35-30-18-26-8-6-7-9-27(26)28(30)12-13-31(35)36(37)32-16-22(3)10-11-29(32)33-17-23(4)24(5)20-38(33)36/h10-17,19-21H,6-9,18H2,1-5H3/q+2. The number of allylic oxidation sites excluding steroid dienone is 2. The quantitative estimate of drug-likeness (QED) is 0.209. The lowest BCUT2D eigenvalue weighted by Gasteiger charge is -2.19. The van der Waals surface area contributed by atoms with Crippen molar-refractivity contribution in [1.29, 1.82) is 0 Å². The van der Waals surface area contributed by atoms with Crippen molar-refractivity contribution in [1.82, 2.24) is 0 Å². The third-order valence-electron chi connectivity index (χ3n) is 9.97. The number of fused-ring (bicyclic) bond motifs is 13. The summed E-state index contributed by atoms with van der Waals surface area (Å²) in [6.45, 7) is 11.4. The Kier molecular flexibility index (Phi) is 4.45. The van der Waals surface area contributed by atoms with Gasteiger partial charge in [0.2, 0.25) is 11.4 Å². The first-order valence-electron chi connectivity index (χ1n) is 14.5. The van der Waals surface area contributed by atoms with E-state index in [0.29, 0.717) is 5.92 Å². The van der Waals surface area contributed by atoms with Crippen LogP contribution >= 0.6 is 0 Å². The van der Waals surface area contributed by atoms with Gasteiger partial charge in [-0.15, -0.1) is 9.13 Å². The van der Waals surface area contributed by atoms with Gasteiger partial charge in [0.05, 0.1) is 11.1 Å². The van der Waals surface area contributed by atoms with Gasteiger partial charge in [-0.25, -0.2) is 0 Å². The minimum Gasteiger partial charge on any atom is -0.125 e. The first-order valence-corrected chi connectivity index (χ1v) is 14.5. The zero-order chi connectivity index (χ0) is 25.9. The molecule has 4 aliphatic rings. The molecule has 2 nitrogen and oxygen atoms in total. The summed E-state index contributed by atoms with van der Waals surface area (Å²) < 4.78 is 5.21. The van der Waals surface area contributed by atoms with Crippen molar-refractivity contribution in [2.24, 2.45) is 0 Å². The molecule has 38 heavy (non-hydrogen) atoms. The van der Waals surface area contributed by atoms with E-state index in [0.717, 1.165) is 6.42 Å². The second-order valence-electron chi connectivity index (χ2n) is 12.5. The van der Waals surface area contributed by atoms with Crippen LogP contribution in [0.5, 0.6) is 0 Å². The van der Waals surface area contributed by atoms with Crippen molar-refractivity contribution in [2.45, 2.75) is 78.3 Å². The molecule has 0 saturated heterocycles. The summed E-state index contributed by atoms with van der Waals surface area (Å²) in [6.07, 6.45) is 11.1. The van der Waals surface area contributed by atoms with E-state index in [1.54, 1.807) is 16.7 Å². The van der Waals surface area contributed by atoms with E-state index >= 15 is 0 Å². The molecular formula is C36H36N2+2. The summed E-state index contributed by atoms with van der Waals surface area (Å²) in [5, 5.41) is 0. The topological polar surface area (TPSA) is 7.76 Å². The Morgan fingerprint density at radius 1 is 0.763 bits per heavy atom. The Labute approximate surface area is 226 Å². The number of hydrogen-bond acceptors (Lipinski definition) is 0. The second kappa shape index (κ2) is 7.53. The van der Waals surface area contributed by atoms with Gasteiger partial charge in [0, 0.05) is 23.8 Å². The van der Waals surface area contributed by atoms with Crippen LogP contribution in [-0.4, -0.2) is 0 Å². The number of rotatable bonds is 1. The van der Waals surface area contributed by atoms with Gasteiger partial charge in [0.1, 0.15) is 11.1 Å². The molecule has 4 heterocycles. The Bertz CT molecular complexity index is 1750. The Balaban J connectivity index is 1.53. The predicted octanol–water partition coefficient (Wildman–Crippen LogP) is 7.45. The number of aromatic nitrogens is 2. The van der Waals surface area contributed by atoms with Crippen molar-refractivity contribution in [2.75, 3.05) is 0 Å². The summed E-state index contributed by atoms with van der Waals surface area (Å²) in [7, 11) is 0. The van der Waals surface area contributed by atoms with Crippen LogP contribution in [0.25, 0.3) is 28.1 Å². The van der Waals surface area contributed by atoms with Gasteiger partial charge >= 0.3 is 5.66 Å². The van der Waals surface area contributed by atoms with Crippen LogP contribution in [0, 0.1) is 20.8 Å². The first kappa shape index (κ1) is 22.5. The minimum atomic E-state index is -0.409. The molecule has 0 saturated carbocycles. The molecule has 0 amide bonds. The number of aryl methyl sites for hydroxylation is 3. The third kappa shape index (κ3) is 2.64. The van der Waals surface area contributed by atoms with Gasteiger partial charge in [0.25, 0.3) is 0 Å². The van der Waals surface area contributed by atoms with Crippen LogP contribution in [0.15, 0.2) is 66.5 Å². The maximum atomic E-state index is 2.62. The third-order valence-corrected chi connectivity index (χ3v) is 9.97. The summed E-state index contributed by atoms with van der Waals surface area (Å²) in [5.74, 6) is 0.493. The molecule has 2 aliphatic heterocycles. The van der Waals surface area contributed by atoms with Gasteiger partial charge in [0.15, 0.2) is 12.4 Å². The number of hydrogen-bond donors (Lipinski definition) is 0. The fourth-order valence-electron chi connectivity index (χ4n) is 7.93. The van der Waals surface area contributed by atoms with Crippen molar-refractivity contribution < 1.29 is 9.13 Å². The average Bonchev–Trinajstić information content (AvgIpc) is 3.52. The fourth-order valence-corrected chi connectivity index (χ4v) is 7.93. The van der Waals surface area contributed by atoms with E-state index in [4.69, 9.17) is 0 Å². The predicted molar refractivity (Wildman–Crippen MR) is 153 cm³/mol. The Hall–Kier alpha value is -3.52. The van der Waals surface area contributed by atoms with Crippen molar-refractivity contribution in [3.8, 4) is 22.5 Å². The lowest BCUT2D eigenvalue weighted by molar-refractivity contribution is -0.955. The van der Waals surface area contributed by atoms with Crippen molar-refractivity contribution in [3.05, 3.63) is 111 Å². The zero-order valence-corrected chi connectivity index (χ0v) is 23.3. The van der Waals surface area contributed by atoms with Gasteiger partial charge in [-0.05, 0) is 105 Å². The van der Waals surface area contributed by atoms with E-state index in [-0.39, 0.29) is 0 Å². The molecule has 2 heteroatoms. The maximum absolute atomic E-state index is 2.62. The normalized spacial score (nSPS) is 19.9. The van der Waals surface area contributed by atoms with E-state index in [9.17, 15) is 0 Å². The molecule has 188 valence electrons. The van der Waals surface area contributed by atoms with E-state index in [2.05, 4.69) is 105 Å². The Morgan fingerprint density at radius 2 is 1.58 bits per heavy atom. The highest BCUT2D eigenvalue weighted by Crippen LogP contribution is 2.53. The highest BCUT2D eigenvalue weighted by Gasteiger charge is 2.67. The summed E-state index contributed by atoms with van der Waals surface area (Å²) in [4.78, 5) is 0. The molecule has 4 aromatic rings. The van der Waals surface area contributed by atoms with E-state index in [1.807, 2.05) is 0 Å². The van der Waals surface area contributed by atoms with Crippen LogP contribution in [-0.2, 0) is 12.1 Å². The lowest BCUT2D eigenvalue weighted by atomic mass is 9.85. The van der Waals surface area contributed by atoms with Gasteiger partial charge in [-0.1, -0.05) is 37.1 Å². The second-order valence-corrected chi connectivity index (χ2v) is 12.5. The molecule has 2 aromatic carbocycles. The molecule has 1 spiro atoms. The van der Waals surface area contributed by atoms with Crippen LogP contribution in [0.2, 0.25) is 0 Å². The van der Waals surface area contributed by atoms with Gasteiger partial charge in [-0.2, -0.15) is 0 Å². The van der Waals surface area contributed by atoms with Crippen LogP contribution in [0.4, 0.5) is 0 Å². The molecule has 0 N–H and O–H groups in total. The number of pyridine rings is 2. The van der Waals surface area contributed by atoms with Gasteiger partial charge in [-0.3, -0.25) is 0 Å². The summed E-state index contributed by atoms with van der Waals surface area (Å²) in [5.41, 5.74) is 19.9. The monoisotopic (exact) mass is 496 g/mol. The van der Waals surface area contributed by atoms with Crippen molar-refractivity contribution >= 4 is 5.57 Å². The zero-order valence-electron chi connectivity index (χ0n) is 23.3. The fraction of sp³-hybridized carbons (Fsp3) is 0.333. The molecule has 1 atom stereocenters. The van der Waals surface area contributed by atoms with E-state index in [1.165, 1.54) is 87.1 Å². The maximum Gasteiger partial charge on any atom is 0.417 e. The molecule has 1 unspecified atom stereocenters. The lowest BCUT2D eigenvalue weighted by Crippen LogP contribution is -2.71. The summed E-state index contributed by atoms with van der Waals surface area (Å²) in [6, 6.07) is 19.3. The molecule has 0 bridgehead atoms. The van der Waals surface area contributed by atoms with E-state index < -0.39 is 5.66 Å². The largest absolute Gasteiger partial charge is 0.417 e. The smallest absolute Gasteiger partial charge is 0.125 e. The molecule has 0 fully saturated rings.